The van der Waals surface area contributed by atoms with Crippen molar-refractivity contribution in [3.63, 3.8) is 0 Å². The smallest absolute Gasteiger partial charge is 0.306 e. The Morgan fingerprint density at radius 1 is 1.45 bits per heavy atom. The number of hydrogen-bond acceptors (Lipinski definition) is 4. The van der Waals surface area contributed by atoms with E-state index in [1.54, 1.807) is 13.0 Å². The van der Waals surface area contributed by atoms with Gasteiger partial charge >= 0.3 is 5.97 Å². The number of rotatable bonds is 6. The van der Waals surface area contributed by atoms with Crippen molar-refractivity contribution in [2.75, 3.05) is 6.61 Å². The SMILES string of the molecule is CCOC(=O)CCc1csc(Cc2cccc(F)c2)n1. The first-order valence-corrected chi connectivity index (χ1v) is 7.38. The van der Waals surface area contributed by atoms with Gasteiger partial charge in [-0.1, -0.05) is 12.1 Å². The van der Waals surface area contributed by atoms with E-state index in [9.17, 15) is 9.18 Å². The molecule has 0 unspecified atom stereocenters. The third-order valence-corrected chi connectivity index (χ3v) is 3.63. The van der Waals surface area contributed by atoms with E-state index in [4.69, 9.17) is 4.74 Å². The normalized spacial score (nSPS) is 10.5. The van der Waals surface area contributed by atoms with Crippen molar-refractivity contribution in [3.05, 3.63) is 51.7 Å². The molecule has 1 aromatic heterocycles. The van der Waals surface area contributed by atoms with Gasteiger partial charge in [0.15, 0.2) is 0 Å². The molecular formula is C15H16FNO2S. The summed E-state index contributed by atoms with van der Waals surface area (Å²) in [4.78, 5) is 15.7. The lowest BCUT2D eigenvalue weighted by Crippen LogP contribution is -2.05. The summed E-state index contributed by atoms with van der Waals surface area (Å²) in [5, 5.41) is 2.86. The first-order valence-electron chi connectivity index (χ1n) is 6.50. The number of aryl methyl sites for hydroxylation is 1. The van der Waals surface area contributed by atoms with Crippen LogP contribution in [0.15, 0.2) is 29.6 Å². The predicted molar refractivity (Wildman–Crippen MR) is 76.3 cm³/mol. The van der Waals surface area contributed by atoms with E-state index in [1.807, 2.05) is 11.4 Å². The number of benzene rings is 1. The molecule has 0 amide bonds. The van der Waals surface area contributed by atoms with Crippen LogP contribution in [0.5, 0.6) is 0 Å². The van der Waals surface area contributed by atoms with Crippen molar-refractivity contribution < 1.29 is 13.9 Å². The number of aromatic nitrogens is 1. The van der Waals surface area contributed by atoms with Gasteiger partial charge in [-0.25, -0.2) is 9.37 Å². The summed E-state index contributed by atoms with van der Waals surface area (Å²) in [7, 11) is 0. The molecule has 106 valence electrons. The maximum absolute atomic E-state index is 13.1. The number of carbonyl (C=O) groups is 1. The number of carbonyl (C=O) groups excluding carboxylic acids is 1. The van der Waals surface area contributed by atoms with Gasteiger partial charge in [0, 0.05) is 18.2 Å². The monoisotopic (exact) mass is 293 g/mol. The lowest BCUT2D eigenvalue weighted by molar-refractivity contribution is -0.143. The zero-order valence-corrected chi connectivity index (χ0v) is 12.1. The first kappa shape index (κ1) is 14.7. The number of thiazole rings is 1. The van der Waals surface area contributed by atoms with Crippen LogP contribution in [-0.4, -0.2) is 17.6 Å². The highest BCUT2D eigenvalue weighted by Crippen LogP contribution is 2.16. The Bertz CT molecular complexity index is 583. The number of esters is 1. The predicted octanol–water partition coefficient (Wildman–Crippen LogP) is 3.37. The van der Waals surface area contributed by atoms with E-state index in [-0.39, 0.29) is 11.8 Å². The second-order valence-electron chi connectivity index (χ2n) is 4.34. The Morgan fingerprint density at radius 2 is 2.30 bits per heavy atom. The van der Waals surface area contributed by atoms with Crippen LogP contribution in [0.2, 0.25) is 0 Å². The standard InChI is InChI=1S/C15H16FNO2S/c1-2-19-15(18)7-6-13-10-20-14(17-13)9-11-4-3-5-12(16)8-11/h3-5,8,10H,2,6-7,9H2,1H3. The molecule has 0 fully saturated rings. The van der Waals surface area contributed by atoms with Gasteiger partial charge in [0.2, 0.25) is 0 Å². The number of ether oxygens (including phenoxy) is 1. The minimum atomic E-state index is -0.235. The Balaban J connectivity index is 1.90. The van der Waals surface area contributed by atoms with Gasteiger partial charge in [-0.15, -0.1) is 11.3 Å². The zero-order valence-electron chi connectivity index (χ0n) is 11.3. The molecule has 0 N–H and O–H groups in total. The molecule has 2 rings (SSSR count). The summed E-state index contributed by atoms with van der Waals surface area (Å²) >= 11 is 1.53. The second kappa shape index (κ2) is 7.14. The highest BCUT2D eigenvalue weighted by atomic mass is 32.1. The van der Waals surface area contributed by atoms with Crippen LogP contribution in [0.4, 0.5) is 4.39 Å². The van der Waals surface area contributed by atoms with Gasteiger partial charge in [-0.3, -0.25) is 4.79 Å². The summed E-state index contributed by atoms with van der Waals surface area (Å²) in [6.45, 7) is 2.19. The molecule has 1 heterocycles. The summed E-state index contributed by atoms with van der Waals surface area (Å²) in [6.07, 6.45) is 1.54. The third-order valence-electron chi connectivity index (χ3n) is 2.73. The summed E-state index contributed by atoms with van der Waals surface area (Å²) < 4.78 is 18.0. The van der Waals surface area contributed by atoms with Crippen LogP contribution in [0.3, 0.4) is 0 Å². The number of halogens is 1. The Morgan fingerprint density at radius 3 is 3.05 bits per heavy atom. The van der Waals surface area contributed by atoms with Crippen LogP contribution in [-0.2, 0) is 22.4 Å². The average molecular weight is 293 g/mol. The van der Waals surface area contributed by atoms with Crippen LogP contribution in [0.1, 0.15) is 29.6 Å². The topological polar surface area (TPSA) is 39.2 Å². The third kappa shape index (κ3) is 4.42. The largest absolute Gasteiger partial charge is 0.466 e. The van der Waals surface area contributed by atoms with Crippen molar-refractivity contribution in [2.24, 2.45) is 0 Å². The van der Waals surface area contributed by atoms with Gasteiger partial charge < -0.3 is 4.74 Å². The fourth-order valence-corrected chi connectivity index (χ4v) is 2.69. The maximum Gasteiger partial charge on any atom is 0.306 e. The fraction of sp³-hybridized carbons (Fsp3) is 0.333. The van der Waals surface area contributed by atoms with Crippen LogP contribution >= 0.6 is 11.3 Å². The quantitative estimate of drug-likeness (QED) is 0.767. The minimum absolute atomic E-state index is 0.202. The Kier molecular flexibility index (Phi) is 5.24. The van der Waals surface area contributed by atoms with E-state index in [1.165, 1.54) is 23.5 Å². The van der Waals surface area contributed by atoms with E-state index >= 15 is 0 Å². The molecule has 20 heavy (non-hydrogen) atoms. The molecule has 0 aliphatic heterocycles. The van der Waals surface area contributed by atoms with Crippen LogP contribution in [0.25, 0.3) is 0 Å². The first-order chi connectivity index (χ1) is 9.67. The molecule has 0 radical (unpaired) electrons. The van der Waals surface area contributed by atoms with E-state index in [0.29, 0.717) is 25.9 Å². The highest BCUT2D eigenvalue weighted by molar-refractivity contribution is 7.09. The molecule has 3 nitrogen and oxygen atoms in total. The Labute approximate surface area is 121 Å². The fourth-order valence-electron chi connectivity index (χ4n) is 1.83. The van der Waals surface area contributed by atoms with Crippen molar-refractivity contribution >= 4 is 17.3 Å². The van der Waals surface area contributed by atoms with Gasteiger partial charge in [-0.2, -0.15) is 0 Å². The van der Waals surface area contributed by atoms with E-state index in [2.05, 4.69) is 4.98 Å². The molecule has 0 saturated heterocycles. The molecule has 0 aliphatic rings. The van der Waals surface area contributed by atoms with Gasteiger partial charge in [-0.05, 0) is 24.6 Å². The molecule has 1 aromatic carbocycles. The number of hydrogen-bond donors (Lipinski definition) is 0. The molecule has 0 saturated carbocycles. The van der Waals surface area contributed by atoms with Crippen molar-refractivity contribution in [3.8, 4) is 0 Å². The zero-order chi connectivity index (χ0) is 14.4. The van der Waals surface area contributed by atoms with Crippen molar-refractivity contribution in [2.45, 2.75) is 26.2 Å². The van der Waals surface area contributed by atoms with Gasteiger partial charge in [0.25, 0.3) is 0 Å². The van der Waals surface area contributed by atoms with Crippen LogP contribution < -0.4 is 0 Å². The molecule has 0 bridgehead atoms. The highest BCUT2D eigenvalue weighted by Gasteiger charge is 2.07. The molecule has 0 aliphatic carbocycles. The van der Waals surface area contributed by atoms with Gasteiger partial charge in [0.1, 0.15) is 5.82 Å². The number of nitrogens with zero attached hydrogens (tertiary/aromatic N) is 1. The second-order valence-corrected chi connectivity index (χ2v) is 5.29. The van der Waals surface area contributed by atoms with Gasteiger partial charge in [0.05, 0.1) is 23.7 Å². The molecule has 0 atom stereocenters. The lowest BCUT2D eigenvalue weighted by atomic mass is 10.1. The maximum atomic E-state index is 13.1. The summed E-state index contributed by atoms with van der Waals surface area (Å²) in [5.41, 5.74) is 1.78. The Hall–Kier alpha value is -1.75. The molecule has 0 spiro atoms. The summed E-state index contributed by atoms with van der Waals surface area (Å²) in [6, 6.07) is 6.51. The lowest BCUT2D eigenvalue weighted by Gasteiger charge is -1.99. The molecule has 2 aromatic rings. The molecular weight excluding hydrogens is 277 g/mol. The molecule has 5 heteroatoms. The van der Waals surface area contributed by atoms with Crippen LogP contribution in [0, 0.1) is 5.82 Å². The minimum Gasteiger partial charge on any atom is -0.466 e. The van der Waals surface area contributed by atoms with E-state index < -0.39 is 0 Å². The summed E-state index contributed by atoms with van der Waals surface area (Å²) in [5.74, 6) is -0.436. The average Bonchev–Trinajstić information content (AvgIpc) is 2.84. The van der Waals surface area contributed by atoms with Crippen molar-refractivity contribution in [1.82, 2.24) is 4.98 Å². The van der Waals surface area contributed by atoms with E-state index in [0.717, 1.165) is 16.3 Å². The van der Waals surface area contributed by atoms with Crippen molar-refractivity contribution in [1.29, 1.82) is 0 Å².